The van der Waals surface area contributed by atoms with Gasteiger partial charge in [-0.1, -0.05) is 32.0 Å². The van der Waals surface area contributed by atoms with Gasteiger partial charge in [-0.3, -0.25) is 14.6 Å². The van der Waals surface area contributed by atoms with E-state index < -0.39 is 0 Å². The van der Waals surface area contributed by atoms with Crippen molar-refractivity contribution in [1.29, 1.82) is 0 Å². The quantitative estimate of drug-likeness (QED) is 0.811. The summed E-state index contributed by atoms with van der Waals surface area (Å²) in [6.45, 7) is 9.39. The van der Waals surface area contributed by atoms with Crippen molar-refractivity contribution in [2.75, 3.05) is 18.4 Å². The first-order chi connectivity index (χ1) is 12.5. The summed E-state index contributed by atoms with van der Waals surface area (Å²) in [4.78, 5) is 31.3. The number of nitrogens with one attached hydrogen (secondary N) is 1. The lowest BCUT2D eigenvalue weighted by Crippen LogP contribution is -2.32. The predicted molar refractivity (Wildman–Crippen MR) is 105 cm³/mol. The van der Waals surface area contributed by atoms with Gasteiger partial charge in [-0.05, 0) is 43.9 Å². The molecule has 5 heteroatoms. The van der Waals surface area contributed by atoms with Gasteiger partial charge in [0.1, 0.15) is 0 Å². The largest absolute Gasteiger partial charge is 0.339 e. The van der Waals surface area contributed by atoms with E-state index in [9.17, 15) is 9.59 Å². The molecule has 0 saturated carbocycles. The first kappa shape index (κ1) is 19.6. The molecule has 0 atom stereocenters. The number of hydrogen-bond donors (Lipinski definition) is 1. The van der Waals surface area contributed by atoms with Crippen LogP contribution in [0.2, 0.25) is 0 Å². The monoisotopic (exact) mass is 353 g/mol. The number of pyridine rings is 1. The third-order valence-corrected chi connectivity index (χ3v) is 4.24. The number of anilines is 1. The van der Waals surface area contributed by atoms with Crippen LogP contribution < -0.4 is 5.32 Å². The van der Waals surface area contributed by atoms with E-state index >= 15 is 0 Å². The zero-order valence-corrected chi connectivity index (χ0v) is 16.0. The summed E-state index contributed by atoms with van der Waals surface area (Å²) in [5.74, 6) is -0.343. The highest BCUT2D eigenvalue weighted by atomic mass is 16.2. The first-order valence-corrected chi connectivity index (χ1v) is 9.09. The van der Waals surface area contributed by atoms with Gasteiger partial charge in [-0.15, -0.1) is 0 Å². The Labute approximate surface area is 155 Å². The zero-order valence-electron chi connectivity index (χ0n) is 16.0. The molecule has 1 aromatic carbocycles. The Bertz CT molecular complexity index is 760. The van der Waals surface area contributed by atoms with E-state index in [4.69, 9.17) is 0 Å². The van der Waals surface area contributed by atoms with Crippen molar-refractivity contribution in [1.82, 2.24) is 9.88 Å². The highest BCUT2D eigenvalue weighted by Crippen LogP contribution is 2.20. The van der Waals surface area contributed by atoms with Crippen LogP contribution in [0, 0.1) is 13.8 Å². The molecule has 26 heavy (non-hydrogen) atoms. The fourth-order valence-electron chi connectivity index (χ4n) is 2.92. The number of para-hydroxylation sites is 1. The second kappa shape index (κ2) is 9.13. The zero-order chi connectivity index (χ0) is 19.1. The molecule has 2 aromatic rings. The highest BCUT2D eigenvalue weighted by molar-refractivity contribution is 6.06. The van der Waals surface area contributed by atoms with Crippen LogP contribution in [-0.2, 0) is 0 Å². The van der Waals surface area contributed by atoms with Gasteiger partial charge in [0.2, 0.25) is 0 Å². The molecule has 2 rings (SSSR count). The van der Waals surface area contributed by atoms with Gasteiger partial charge in [-0.2, -0.15) is 0 Å². The van der Waals surface area contributed by atoms with Gasteiger partial charge in [0.15, 0.2) is 0 Å². The Hall–Kier alpha value is -2.69. The van der Waals surface area contributed by atoms with Gasteiger partial charge < -0.3 is 10.2 Å². The van der Waals surface area contributed by atoms with E-state index in [2.05, 4.69) is 10.3 Å². The average molecular weight is 353 g/mol. The molecule has 0 fully saturated rings. The van der Waals surface area contributed by atoms with E-state index in [-0.39, 0.29) is 11.8 Å². The smallest absolute Gasteiger partial charge is 0.257 e. The molecule has 0 bridgehead atoms. The highest BCUT2D eigenvalue weighted by Gasteiger charge is 2.17. The lowest BCUT2D eigenvalue weighted by atomic mass is 10.1. The second-order valence-corrected chi connectivity index (χ2v) is 6.48. The summed E-state index contributed by atoms with van der Waals surface area (Å²) in [5, 5.41) is 2.94. The first-order valence-electron chi connectivity index (χ1n) is 9.09. The minimum absolute atomic E-state index is 0.0806. The van der Waals surface area contributed by atoms with Gasteiger partial charge in [-0.25, -0.2) is 0 Å². The van der Waals surface area contributed by atoms with Gasteiger partial charge in [0, 0.05) is 31.2 Å². The van der Waals surface area contributed by atoms with Crippen LogP contribution in [-0.4, -0.2) is 34.8 Å². The lowest BCUT2D eigenvalue weighted by molar-refractivity contribution is 0.0755. The van der Waals surface area contributed by atoms with E-state index in [1.54, 1.807) is 6.07 Å². The van der Waals surface area contributed by atoms with E-state index in [1.165, 1.54) is 12.4 Å². The Morgan fingerprint density at radius 1 is 1.00 bits per heavy atom. The molecule has 0 aliphatic rings. The van der Waals surface area contributed by atoms with Crippen molar-refractivity contribution in [3.05, 3.63) is 58.9 Å². The summed E-state index contributed by atoms with van der Waals surface area (Å²) in [7, 11) is 0. The van der Waals surface area contributed by atoms with Crippen molar-refractivity contribution in [3.8, 4) is 0 Å². The molecule has 0 aliphatic heterocycles. The number of nitrogens with zero attached hydrogens (tertiary/aromatic N) is 2. The van der Waals surface area contributed by atoms with Gasteiger partial charge >= 0.3 is 0 Å². The molecule has 0 spiro atoms. The van der Waals surface area contributed by atoms with E-state index in [0.29, 0.717) is 24.2 Å². The number of hydrogen-bond acceptors (Lipinski definition) is 3. The molecular formula is C21H27N3O2. The average Bonchev–Trinajstić information content (AvgIpc) is 2.64. The van der Waals surface area contributed by atoms with Crippen LogP contribution in [0.4, 0.5) is 5.69 Å². The van der Waals surface area contributed by atoms with Crippen molar-refractivity contribution in [2.24, 2.45) is 0 Å². The van der Waals surface area contributed by atoms with Gasteiger partial charge in [0.05, 0.1) is 11.1 Å². The molecule has 0 saturated heterocycles. The van der Waals surface area contributed by atoms with Crippen LogP contribution in [0.1, 0.15) is 58.5 Å². The third kappa shape index (κ3) is 4.69. The Morgan fingerprint density at radius 2 is 1.58 bits per heavy atom. The number of benzene rings is 1. The molecular weight excluding hydrogens is 326 g/mol. The van der Waals surface area contributed by atoms with Crippen LogP contribution in [0.3, 0.4) is 0 Å². The minimum atomic E-state index is -0.262. The molecule has 1 aromatic heterocycles. The molecule has 5 nitrogen and oxygen atoms in total. The Kier molecular flexibility index (Phi) is 6.89. The second-order valence-electron chi connectivity index (χ2n) is 6.48. The fourth-order valence-corrected chi connectivity index (χ4v) is 2.92. The maximum atomic E-state index is 12.7. The summed E-state index contributed by atoms with van der Waals surface area (Å²) in [5.41, 5.74) is 3.62. The maximum absolute atomic E-state index is 12.7. The normalized spacial score (nSPS) is 10.5. The number of carbonyl (C=O) groups is 2. The standard InChI is InChI=1S/C21H27N3O2/c1-5-10-24(11-6-2)21(26)18-12-17(13-22-14-18)20(25)23-19-15(3)8-7-9-16(19)4/h7-9,12-14H,5-6,10-11H2,1-4H3,(H,23,25). The fraction of sp³-hybridized carbons (Fsp3) is 0.381. The number of carbonyl (C=O) groups excluding carboxylic acids is 2. The van der Waals surface area contributed by atoms with E-state index in [1.807, 2.05) is 50.8 Å². The molecule has 1 N–H and O–H groups in total. The topological polar surface area (TPSA) is 62.3 Å². The molecule has 0 radical (unpaired) electrons. The number of aromatic nitrogens is 1. The van der Waals surface area contributed by atoms with Crippen molar-refractivity contribution < 1.29 is 9.59 Å². The number of aryl methyl sites for hydroxylation is 2. The molecule has 0 aliphatic carbocycles. The maximum Gasteiger partial charge on any atom is 0.257 e. The molecule has 0 unspecified atom stereocenters. The summed E-state index contributed by atoms with van der Waals surface area (Å²) >= 11 is 0. The molecule has 2 amide bonds. The van der Waals surface area contributed by atoms with Crippen LogP contribution in [0.15, 0.2) is 36.7 Å². The minimum Gasteiger partial charge on any atom is -0.339 e. The summed E-state index contributed by atoms with van der Waals surface area (Å²) < 4.78 is 0. The van der Waals surface area contributed by atoms with Gasteiger partial charge in [0.25, 0.3) is 11.8 Å². The van der Waals surface area contributed by atoms with Crippen LogP contribution in [0.5, 0.6) is 0 Å². The number of rotatable bonds is 7. The Morgan fingerprint density at radius 3 is 2.15 bits per heavy atom. The van der Waals surface area contributed by atoms with Crippen LogP contribution >= 0.6 is 0 Å². The summed E-state index contributed by atoms with van der Waals surface area (Å²) in [6, 6.07) is 7.48. The Balaban J connectivity index is 2.22. The van der Waals surface area contributed by atoms with Crippen molar-refractivity contribution >= 4 is 17.5 Å². The van der Waals surface area contributed by atoms with E-state index in [0.717, 1.165) is 29.7 Å². The number of amides is 2. The van der Waals surface area contributed by atoms with Crippen LogP contribution in [0.25, 0.3) is 0 Å². The molecule has 1 heterocycles. The van der Waals surface area contributed by atoms with Crippen molar-refractivity contribution in [2.45, 2.75) is 40.5 Å². The SMILES string of the molecule is CCCN(CCC)C(=O)c1cncc(C(=O)Nc2c(C)cccc2C)c1. The lowest BCUT2D eigenvalue weighted by Gasteiger charge is -2.21. The van der Waals surface area contributed by atoms with Crippen molar-refractivity contribution in [3.63, 3.8) is 0 Å². The predicted octanol–water partition coefficient (Wildman–Crippen LogP) is 4.21. The summed E-state index contributed by atoms with van der Waals surface area (Å²) in [6.07, 6.45) is 4.80. The third-order valence-electron chi connectivity index (χ3n) is 4.24. The molecule has 138 valence electrons.